The maximum absolute atomic E-state index is 13.4. The number of benzene rings is 4. The lowest BCUT2D eigenvalue weighted by Crippen LogP contribution is -2.49. The molecule has 0 saturated carbocycles. The molecule has 1 heterocycles. The van der Waals surface area contributed by atoms with Crippen LogP contribution in [0.5, 0.6) is 5.75 Å². The number of rotatable bonds is 9. The highest BCUT2D eigenvalue weighted by Gasteiger charge is 2.30. The molecule has 6 nitrogen and oxygen atoms in total. The van der Waals surface area contributed by atoms with Gasteiger partial charge in [-0.15, -0.1) is 0 Å². The van der Waals surface area contributed by atoms with E-state index in [1.165, 1.54) is 0 Å². The van der Waals surface area contributed by atoms with E-state index in [1.807, 2.05) is 78.9 Å². The van der Waals surface area contributed by atoms with Crippen molar-refractivity contribution >= 4 is 32.4 Å². The van der Waals surface area contributed by atoms with Gasteiger partial charge in [0.05, 0.1) is 24.7 Å². The van der Waals surface area contributed by atoms with E-state index >= 15 is 0 Å². The summed E-state index contributed by atoms with van der Waals surface area (Å²) in [7, 11) is -1.92. The standard InChI is InChI=1S/C30H31ClN2O4S/c1-36-28-8-4-5-23(19-28)22-37-30(25-9-12-27(31)13-10-25)21-32-15-17-33(18-16-32)38(34,35)29-14-11-24-6-2-3-7-26(24)20-29/h2-14,19-20,30H,15-18,21-22H2,1H3. The lowest BCUT2D eigenvalue weighted by Gasteiger charge is -2.36. The van der Waals surface area contributed by atoms with Crippen molar-refractivity contribution in [2.24, 2.45) is 0 Å². The maximum Gasteiger partial charge on any atom is 0.243 e. The fraction of sp³-hybridized carbons (Fsp3) is 0.267. The molecule has 0 spiro atoms. The summed E-state index contributed by atoms with van der Waals surface area (Å²) in [4.78, 5) is 2.60. The third-order valence-corrected chi connectivity index (χ3v) is 9.09. The molecule has 1 aliphatic rings. The maximum atomic E-state index is 13.4. The average Bonchev–Trinajstić information content (AvgIpc) is 2.96. The van der Waals surface area contributed by atoms with Crippen molar-refractivity contribution < 1.29 is 17.9 Å². The fourth-order valence-electron chi connectivity index (χ4n) is 4.75. The van der Waals surface area contributed by atoms with E-state index in [4.69, 9.17) is 21.1 Å². The fourth-order valence-corrected chi connectivity index (χ4v) is 6.34. The van der Waals surface area contributed by atoms with Crippen LogP contribution in [0, 0.1) is 0 Å². The Labute approximate surface area is 229 Å². The molecule has 38 heavy (non-hydrogen) atoms. The van der Waals surface area contributed by atoms with Crippen molar-refractivity contribution in [3.8, 4) is 5.75 Å². The van der Waals surface area contributed by atoms with Crippen LogP contribution in [0.25, 0.3) is 10.8 Å². The van der Waals surface area contributed by atoms with E-state index in [1.54, 1.807) is 23.5 Å². The van der Waals surface area contributed by atoms with Crippen LogP contribution in [0.4, 0.5) is 0 Å². The normalized spacial score (nSPS) is 15.9. The largest absolute Gasteiger partial charge is 0.497 e. The summed E-state index contributed by atoms with van der Waals surface area (Å²) in [5, 5.41) is 2.62. The van der Waals surface area contributed by atoms with Crippen LogP contribution >= 0.6 is 11.6 Å². The van der Waals surface area contributed by atoms with Crippen LogP contribution < -0.4 is 4.74 Å². The lowest BCUT2D eigenvalue weighted by molar-refractivity contribution is 0.00767. The van der Waals surface area contributed by atoms with Crippen molar-refractivity contribution in [2.45, 2.75) is 17.6 Å². The summed E-state index contributed by atoms with van der Waals surface area (Å²) >= 11 is 6.13. The van der Waals surface area contributed by atoms with Crippen molar-refractivity contribution in [3.05, 3.63) is 107 Å². The minimum Gasteiger partial charge on any atom is -0.497 e. The minimum atomic E-state index is -3.57. The van der Waals surface area contributed by atoms with Gasteiger partial charge in [0.1, 0.15) is 5.75 Å². The first-order chi connectivity index (χ1) is 18.4. The molecule has 1 fully saturated rings. The second-order valence-electron chi connectivity index (χ2n) is 9.42. The summed E-state index contributed by atoms with van der Waals surface area (Å²) in [5.41, 5.74) is 2.05. The van der Waals surface area contributed by atoms with Crippen LogP contribution in [-0.4, -0.2) is 57.5 Å². The Bertz CT molecular complexity index is 1490. The highest BCUT2D eigenvalue weighted by Crippen LogP contribution is 2.26. The molecule has 0 radical (unpaired) electrons. The van der Waals surface area contributed by atoms with Gasteiger partial charge in [-0.2, -0.15) is 4.31 Å². The Balaban J connectivity index is 1.25. The Morgan fingerprint density at radius 3 is 2.32 bits per heavy atom. The van der Waals surface area contributed by atoms with Gasteiger partial charge in [-0.1, -0.05) is 66.2 Å². The molecule has 1 atom stereocenters. The number of fused-ring (bicyclic) bond motifs is 1. The molecular formula is C30H31ClN2O4S. The first kappa shape index (κ1) is 26.7. The lowest BCUT2D eigenvalue weighted by atomic mass is 10.1. The summed E-state index contributed by atoms with van der Waals surface area (Å²) in [5.74, 6) is 0.790. The number of hydrogen-bond acceptors (Lipinski definition) is 5. The van der Waals surface area contributed by atoms with Gasteiger partial charge in [0.15, 0.2) is 0 Å². The molecule has 0 aliphatic carbocycles. The van der Waals surface area contributed by atoms with E-state index < -0.39 is 10.0 Å². The number of piperazine rings is 1. The van der Waals surface area contributed by atoms with Gasteiger partial charge >= 0.3 is 0 Å². The zero-order valence-corrected chi connectivity index (χ0v) is 22.9. The van der Waals surface area contributed by atoms with Gasteiger partial charge in [-0.3, -0.25) is 4.90 Å². The predicted molar refractivity (Wildman–Crippen MR) is 151 cm³/mol. The molecule has 0 amide bonds. The Morgan fingerprint density at radius 1 is 0.842 bits per heavy atom. The SMILES string of the molecule is COc1cccc(COC(CN2CCN(S(=O)(=O)c3ccc4ccccc4c3)CC2)c2ccc(Cl)cc2)c1. The number of sulfonamides is 1. The van der Waals surface area contributed by atoms with Crippen LogP contribution in [0.15, 0.2) is 95.9 Å². The minimum absolute atomic E-state index is 0.192. The highest BCUT2D eigenvalue weighted by atomic mass is 35.5. The number of methoxy groups -OCH3 is 1. The Morgan fingerprint density at radius 2 is 1.58 bits per heavy atom. The van der Waals surface area contributed by atoms with Crippen LogP contribution in [0.1, 0.15) is 17.2 Å². The van der Waals surface area contributed by atoms with Gasteiger partial charge in [0.25, 0.3) is 0 Å². The molecular weight excluding hydrogens is 520 g/mol. The van der Waals surface area contributed by atoms with Gasteiger partial charge < -0.3 is 9.47 Å². The van der Waals surface area contributed by atoms with Gasteiger partial charge in [-0.25, -0.2) is 8.42 Å². The zero-order chi connectivity index (χ0) is 26.5. The van der Waals surface area contributed by atoms with Crippen LogP contribution in [0.2, 0.25) is 5.02 Å². The molecule has 198 valence electrons. The van der Waals surface area contributed by atoms with Crippen molar-refractivity contribution in [1.82, 2.24) is 9.21 Å². The predicted octanol–water partition coefficient (Wildman–Crippen LogP) is 5.77. The molecule has 0 N–H and O–H groups in total. The van der Waals surface area contributed by atoms with E-state index in [2.05, 4.69) is 4.90 Å². The number of nitrogens with zero attached hydrogens (tertiary/aromatic N) is 2. The van der Waals surface area contributed by atoms with Crippen molar-refractivity contribution in [1.29, 1.82) is 0 Å². The van der Waals surface area contributed by atoms with E-state index in [9.17, 15) is 8.42 Å². The first-order valence-corrected chi connectivity index (χ1v) is 14.5. The number of halogens is 1. The second-order valence-corrected chi connectivity index (χ2v) is 11.8. The highest BCUT2D eigenvalue weighted by molar-refractivity contribution is 7.89. The molecule has 1 saturated heterocycles. The van der Waals surface area contributed by atoms with E-state index in [0.29, 0.717) is 49.2 Å². The number of hydrogen-bond donors (Lipinski definition) is 0. The van der Waals surface area contributed by atoms with Gasteiger partial charge in [-0.05, 0) is 58.3 Å². The molecule has 8 heteroatoms. The number of ether oxygens (including phenoxy) is 2. The Hall–Kier alpha value is -2.94. The molecule has 1 unspecified atom stereocenters. The second kappa shape index (κ2) is 11.8. The van der Waals surface area contributed by atoms with Crippen LogP contribution in [-0.2, 0) is 21.4 Å². The first-order valence-electron chi connectivity index (χ1n) is 12.6. The summed E-state index contributed by atoms with van der Waals surface area (Å²) in [6, 6.07) is 28.7. The molecule has 5 rings (SSSR count). The average molecular weight is 551 g/mol. The third kappa shape index (κ3) is 6.20. The smallest absolute Gasteiger partial charge is 0.243 e. The molecule has 4 aromatic rings. The monoisotopic (exact) mass is 550 g/mol. The summed E-state index contributed by atoms with van der Waals surface area (Å²) in [6.45, 7) is 3.19. The third-order valence-electron chi connectivity index (χ3n) is 6.94. The molecule has 0 aromatic heterocycles. The molecule has 0 bridgehead atoms. The van der Waals surface area contributed by atoms with Crippen LogP contribution in [0.3, 0.4) is 0 Å². The van der Waals surface area contributed by atoms with Gasteiger partial charge in [0, 0.05) is 37.7 Å². The summed E-state index contributed by atoms with van der Waals surface area (Å²) < 4.78 is 40.1. The van der Waals surface area contributed by atoms with E-state index in [-0.39, 0.29) is 6.10 Å². The Kier molecular flexibility index (Phi) is 8.31. The topological polar surface area (TPSA) is 59.1 Å². The quantitative estimate of drug-likeness (QED) is 0.265. The summed E-state index contributed by atoms with van der Waals surface area (Å²) in [6.07, 6.45) is -0.192. The van der Waals surface area contributed by atoms with E-state index in [0.717, 1.165) is 27.6 Å². The zero-order valence-electron chi connectivity index (χ0n) is 21.3. The van der Waals surface area contributed by atoms with Gasteiger partial charge in [0.2, 0.25) is 10.0 Å². The molecule has 1 aliphatic heterocycles. The van der Waals surface area contributed by atoms with Crippen molar-refractivity contribution in [3.63, 3.8) is 0 Å². The molecule has 4 aromatic carbocycles. The van der Waals surface area contributed by atoms with Crippen molar-refractivity contribution in [2.75, 3.05) is 39.8 Å².